The Morgan fingerprint density at radius 3 is 2.89 bits per heavy atom. The van der Waals surface area contributed by atoms with Crippen molar-refractivity contribution in [2.75, 3.05) is 13.7 Å². The molecule has 1 atom stereocenters. The zero-order valence-electron chi connectivity index (χ0n) is 15.8. The lowest BCUT2D eigenvalue weighted by atomic mass is 10.2. The van der Waals surface area contributed by atoms with Crippen LogP contribution in [-0.4, -0.2) is 33.4 Å². The highest BCUT2D eigenvalue weighted by Gasteiger charge is 2.20. The minimum atomic E-state index is -0.107. The summed E-state index contributed by atoms with van der Waals surface area (Å²) in [6.07, 6.45) is 2.49. The SMILES string of the molecule is CCCc1noc(C(C)Sc2nc3ccccc3c(=O)n2CCCOC)n1. The number of aromatic nitrogens is 4. The van der Waals surface area contributed by atoms with Gasteiger partial charge in [-0.15, -0.1) is 0 Å². The molecule has 0 bridgehead atoms. The summed E-state index contributed by atoms with van der Waals surface area (Å²) in [6, 6.07) is 7.41. The van der Waals surface area contributed by atoms with Gasteiger partial charge in [-0.2, -0.15) is 4.98 Å². The van der Waals surface area contributed by atoms with E-state index in [1.165, 1.54) is 11.8 Å². The van der Waals surface area contributed by atoms with Gasteiger partial charge in [-0.25, -0.2) is 4.98 Å². The van der Waals surface area contributed by atoms with E-state index in [-0.39, 0.29) is 10.8 Å². The van der Waals surface area contributed by atoms with Crippen molar-refractivity contribution >= 4 is 22.7 Å². The van der Waals surface area contributed by atoms with Crippen LogP contribution in [0.2, 0.25) is 0 Å². The van der Waals surface area contributed by atoms with Gasteiger partial charge in [0.1, 0.15) is 0 Å². The molecule has 0 saturated heterocycles. The van der Waals surface area contributed by atoms with Crippen LogP contribution >= 0.6 is 11.8 Å². The Hall–Kier alpha value is -2.19. The zero-order valence-corrected chi connectivity index (χ0v) is 16.7. The smallest absolute Gasteiger partial charge is 0.262 e. The van der Waals surface area contributed by atoms with Gasteiger partial charge in [0.25, 0.3) is 5.56 Å². The number of para-hydroxylation sites is 1. The van der Waals surface area contributed by atoms with E-state index in [9.17, 15) is 4.79 Å². The number of aryl methyl sites for hydroxylation is 1. The average molecular weight is 388 g/mol. The van der Waals surface area contributed by atoms with Crippen LogP contribution in [0, 0.1) is 0 Å². The van der Waals surface area contributed by atoms with Crippen molar-refractivity contribution in [2.24, 2.45) is 0 Å². The number of hydrogen-bond donors (Lipinski definition) is 0. The Balaban J connectivity index is 1.92. The monoisotopic (exact) mass is 388 g/mol. The van der Waals surface area contributed by atoms with Gasteiger partial charge in [0.2, 0.25) is 5.89 Å². The predicted molar refractivity (Wildman–Crippen MR) is 105 cm³/mol. The second kappa shape index (κ2) is 9.14. The molecule has 7 nitrogen and oxygen atoms in total. The molecule has 0 aliphatic rings. The largest absolute Gasteiger partial charge is 0.385 e. The molecule has 0 aliphatic carbocycles. The minimum Gasteiger partial charge on any atom is -0.385 e. The van der Waals surface area contributed by atoms with Crippen LogP contribution in [0.15, 0.2) is 38.7 Å². The molecule has 3 rings (SSSR count). The molecule has 1 aromatic carbocycles. The molecule has 0 fully saturated rings. The van der Waals surface area contributed by atoms with Crippen molar-refractivity contribution in [3.05, 3.63) is 46.3 Å². The first-order chi connectivity index (χ1) is 13.1. The Labute approximate surface area is 162 Å². The second-order valence-corrected chi connectivity index (χ2v) is 7.58. The summed E-state index contributed by atoms with van der Waals surface area (Å²) in [5.74, 6) is 1.26. The van der Waals surface area contributed by atoms with Crippen LogP contribution in [0.25, 0.3) is 10.9 Å². The first-order valence-electron chi connectivity index (χ1n) is 9.11. The minimum absolute atomic E-state index is 0.0383. The van der Waals surface area contributed by atoms with Gasteiger partial charge in [0, 0.05) is 26.7 Å². The van der Waals surface area contributed by atoms with E-state index in [4.69, 9.17) is 14.2 Å². The van der Waals surface area contributed by atoms with Crippen molar-refractivity contribution in [2.45, 2.75) is 50.1 Å². The summed E-state index contributed by atoms with van der Waals surface area (Å²) < 4.78 is 12.2. The molecule has 0 amide bonds. The van der Waals surface area contributed by atoms with E-state index in [2.05, 4.69) is 17.1 Å². The third kappa shape index (κ3) is 4.56. The number of nitrogens with zero attached hydrogens (tertiary/aromatic N) is 4. The van der Waals surface area contributed by atoms with Gasteiger partial charge in [0.15, 0.2) is 11.0 Å². The maximum atomic E-state index is 13.0. The van der Waals surface area contributed by atoms with Crippen LogP contribution < -0.4 is 5.56 Å². The second-order valence-electron chi connectivity index (χ2n) is 6.27. The highest BCUT2D eigenvalue weighted by molar-refractivity contribution is 7.99. The molecule has 2 aromatic heterocycles. The van der Waals surface area contributed by atoms with Crippen molar-refractivity contribution in [3.8, 4) is 0 Å². The first kappa shape index (κ1) is 19.6. The quantitative estimate of drug-likeness (QED) is 0.314. The van der Waals surface area contributed by atoms with Gasteiger partial charge >= 0.3 is 0 Å². The summed E-state index contributed by atoms with van der Waals surface area (Å²) in [5.41, 5.74) is 0.654. The van der Waals surface area contributed by atoms with Gasteiger partial charge in [0.05, 0.1) is 16.2 Å². The molecule has 0 saturated carbocycles. The van der Waals surface area contributed by atoms with E-state index in [0.29, 0.717) is 40.9 Å². The maximum Gasteiger partial charge on any atom is 0.262 e. The first-order valence-corrected chi connectivity index (χ1v) is 9.99. The predicted octanol–water partition coefficient (Wildman–Crippen LogP) is 3.62. The number of fused-ring (bicyclic) bond motifs is 1. The third-order valence-electron chi connectivity index (χ3n) is 4.14. The van der Waals surface area contributed by atoms with Crippen molar-refractivity contribution in [3.63, 3.8) is 0 Å². The summed E-state index contributed by atoms with van der Waals surface area (Å²) in [7, 11) is 1.66. The molecule has 0 aliphatic heterocycles. The number of thioether (sulfide) groups is 1. The molecule has 1 unspecified atom stereocenters. The Kier molecular flexibility index (Phi) is 6.63. The van der Waals surface area contributed by atoms with Crippen LogP contribution in [-0.2, 0) is 17.7 Å². The summed E-state index contributed by atoms with van der Waals surface area (Å²) >= 11 is 1.46. The normalized spacial score (nSPS) is 12.6. The number of benzene rings is 1. The highest BCUT2D eigenvalue weighted by atomic mass is 32.2. The summed E-state index contributed by atoms with van der Waals surface area (Å²) in [4.78, 5) is 22.1. The Bertz CT molecular complexity index is 954. The van der Waals surface area contributed by atoms with Crippen LogP contribution in [0.1, 0.15) is 43.7 Å². The maximum absolute atomic E-state index is 13.0. The van der Waals surface area contributed by atoms with E-state index >= 15 is 0 Å². The fourth-order valence-corrected chi connectivity index (χ4v) is 3.73. The van der Waals surface area contributed by atoms with E-state index < -0.39 is 0 Å². The standard InChI is InChI=1S/C19H24N4O3S/c1-4-8-16-21-17(26-22-16)13(2)27-19-20-15-10-6-5-9-14(15)18(24)23(19)11-7-12-25-3/h5-6,9-10,13H,4,7-8,11-12H2,1-3H3. The third-order valence-corrected chi connectivity index (χ3v) is 5.22. The topological polar surface area (TPSA) is 83.0 Å². The number of ether oxygens (including phenoxy) is 1. The molecule has 3 aromatic rings. The van der Waals surface area contributed by atoms with Gasteiger partial charge < -0.3 is 9.26 Å². The van der Waals surface area contributed by atoms with Crippen molar-refractivity contribution < 1.29 is 9.26 Å². The number of methoxy groups -OCH3 is 1. The molecule has 0 radical (unpaired) electrons. The summed E-state index contributed by atoms with van der Waals surface area (Å²) in [5, 5.41) is 5.18. The van der Waals surface area contributed by atoms with Crippen LogP contribution in [0.3, 0.4) is 0 Å². The molecular weight excluding hydrogens is 364 g/mol. The van der Waals surface area contributed by atoms with Crippen LogP contribution in [0.5, 0.6) is 0 Å². The van der Waals surface area contributed by atoms with Crippen molar-refractivity contribution in [1.82, 2.24) is 19.7 Å². The fraction of sp³-hybridized carbons (Fsp3) is 0.474. The van der Waals surface area contributed by atoms with Gasteiger partial charge in [-0.3, -0.25) is 9.36 Å². The molecular formula is C19H24N4O3S. The fourth-order valence-electron chi connectivity index (χ4n) is 2.77. The number of rotatable bonds is 9. The summed E-state index contributed by atoms with van der Waals surface area (Å²) in [6.45, 7) is 5.19. The molecule has 0 N–H and O–H groups in total. The molecule has 2 heterocycles. The average Bonchev–Trinajstić information content (AvgIpc) is 3.13. The lowest BCUT2D eigenvalue weighted by molar-refractivity contribution is 0.189. The van der Waals surface area contributed by atoms with Gasteiger partial charge in [-0.05, 0) is 31.9 Å². The van der Waals surface area contributed by atoms with E-state index in [1.54, 1.807) is 11.7 Å². The Morgan fingerprint density at radius 1 is 1.30 bits per heavy atom. The van der Waals surface area contributed by atoms with Crippen LogP contribution in [0.4, 0.5) is 0 Å². The molecule has 8 heteroatoms. The lowest BCUT2D eigenvalue weighted by Gasteiger charge is -2.14. The Morgan fingerprint density at radius 2 is 2.11 bits per heavy atom. The lowest BCUT2D eigenvalue weighted by Crippen LogP contribution is -2.24. The van der Waals surface area contributed by atoms with E-state index in [0.717, 1.165) is 19.3 Å². The van der Waals surface area contributed by atoms with Crippen molar-refractivity contribution in [1.29, 1.82) is 0 Å². The highest BCUT2D eigenvalue weighted by Crippen LogP contribution is 2.33. The molecule has 27 heavy (non-hydrogen) atoms. The van der Waals surface area contributed by atoms with E-state index in [1.807, 2.05) is 31.2 Å². The zero-order chi connectivity index (χ0) is 19.2. The molecule has 0 spiro atoms. The number of hydrogen-bond acceptors (Lipinski definition) is 7. The van der Waals surface area contributed by atoms with Gasteiger partial charge in [-0.1, -0.05) is 36.0 Å². The molecule has 144 valence electrons.